The summed E-state index contributed by atoms with van der Waals surface area (Å²) in [6.07, 6.45) is 5.89. The number of aromatic nitrogens is 1. The lowest BCUT2D eigenvalue weighted by molar-refractivity contribution is -0.140. The topological polar surface area (TPSA) is 69.5 Å². The van der Waals surface area contributed by atoms with Crippen LogP contribution >= 0.6 is 0 Å². The third-order valence-electron chi connectivity index (χ3n) is 7.61. The van der Waals surface area contributed by atoms with Gasteiger partial charge in [0.15, 0.2) is 0 Å². The Hall–Kier alpha value is -2.98. The van der Waals surface area contributed by atoms with Gasteiger partial charge in [-0.15, -0.1) is 0 Å². The van der Waals surface area contributed by atoms with Crippen LogP contribution in [0.25, 0.3) is 0 Å². The van der Waals surface area contributed by atoms with Gasteiger partial charge in [-0.2, -0.15) is 5.26 Å². The fourth-order valence-corrected chi connectivity index (χ4v) is 5.66. The number of nitrogens with zero attached hydrogens (tertiary/aromatic N) is 4. The number of likely N-dealkylation sites (tertiary alicyclic amines) is 1. The summed E-state index contributed by atoms with van der Waals surface area (Å²) in [6, 6.07) is 12.8. The maximum atomic E-state index is 13.3. The molecule has 3 heterocycles. The molecule has 0 radical (unpaired) electrons. The third-order valence-corrected chi connectivity index (χ3v) is 7.61. The van der Waals surface area contributed by atoms with Gasteiger partial charge in [-0.1, -0.05) is 19.1 Å². The molecular formula is C26H29FN4O2. The Morgan fingerprint density at radius 2 is 2.03 bits per heavy atom. The lowest BCUT2D eigenvalue weighted by atomic mass is 9.75. The van der Waals surface area contributed by atoms with Crippen molar-refractivity contribution in [3.8, 4) is 6.07 Å². The number of halogens is 1. The predicted molar refractivity (Wildman–Crippen MR) is 122 cm³/mol. The molecule has 2 aromatic rings. The molecule has 1 aliphatic carbocycles. The minimum absolute atomic E-state index is 0.125. The highest BCUT2D eigenvalue weighted by molar-refractivity contribution is 5.77. The molecule has 3 atom stereocenters. The molecule has 172 valence electrons. The van der Waals surface area contributed by atoms with Crippen molar-refractivity contribution in [1.82, 2.24) is 9.88 Å². The highest BCUT2D eigenvalue weighted by Crippen LogP contribution is 2.45. The van der Waals surface area contributed by atoms with Crippen molar-refractivity contribution in [2.75, 3.05) is 24.6 Å². The van der Waals surface area contributed by atoms with E-state index in [0.717, 1.165) is 37.1 Å². The Balaban J connectivity index is 1.19. The lowest BCUT2D eigenvalue weighted by Gasteiger charge is -2.43. The lowest BCUT2D eigenvalue weighted by Crippen LogP contribution is -2.56. The first-order valence-electron chi connectivity index (χ1n) is 11.8. The fourth-order valence-electron chi connectivity index (χ4n) is 5.66. The summed E-state index contributed by atoms with van der Waals surface area (Å²) in [7, 11) is 0. The summed E-state index contributed by atoms with van der Waals surface area (Å²) in [5.41, 5.74) is 1.18. The van der Waals surface area contributed by atoms with Gasteiger partial charge in [0.2, 0.25) is 5.91 Å². The quantitative estimate of drug-likeness (QED) is 0.668. The van der Waals surface area contributed by atoms with Gasteiger partial charge in [0, 0.05) is 25.3 Å². The molecule has 1 saturated carbocycles. The maximum absolute atomic E-state index is 13.3. The van der Waals surface area contributed by atoms with Crippen molar-refractivity contribution in [2.45, 2.75) is 56.7 Å². The monoisotopic (exact) mass is 448 g/mol. The van der Waals surface area contributed by atoms with Crippen LogP contribution in [0.3, 0.4) is 0 Å². The summed E-state index contributed by atoms with van der Waals surface area (Å²) in [5.74, 6) is 1.23. The molecular weight excluding hydrogens is 419 g/mol. The van der Waals surface area contributed by atoms with E-state index in [-0.39, 0.29) is 29.4 Å². The molecule has 2 unspecified atom stereocenters. The highest BCUT2D eigenvalue weighted by Gasteiger charge is 2.46. The van der Waals surface area contributed by atoms with E-state index in [0.29, 0.717) is 37.6 Å². The van der Waals surface area contributed by atoms with Crippen LogP contribution in [0, 0.1) is 23.1 Å². The predicted octanol–water partition coefficient (Wildman–Crippen LogP) is 4.00. The van der Waals surface area contributed by atoms with Crippen LogP contribution < -0.4 is 4.90 Å². The molecule has 7 heteroatoms. The first-order valence-corrected chi connectivity index (χ1v) is 11.8. The SMILES string of the molecule is C[C@H]1CC2CN(C(=O)CCOC3(c4ccc(F)cc4)CCC3)CC1N2c1ccc(C#N)cn1. The number of nitriles is 1. The van der Waals surface area contributed by atoms with Gasteiger partial charge in [-0.25, -0.2) is 9.37 Å². The minimum atomic E-state index is -0.374. The minimum Gasteiger partial charge on any atom is -0.370 e. The number of anilines is 1. The second kappa shape index (κ2) is 8.75. The molecule has 0 spiro atoms. The number of benzene rings is 1. The zero-order valence-electron chi connectivity index (χ0n) is 18.9. The van der Waals surface area contributed by atoms with Crippen LogP contribution in [0.5, 0.6) is 0 Å². The van der Waals surface area contributed by atoms with E-state index in [4.69, 9.17) is 10.00 Å². The molecule has 1 amide bonds. The second-order valence-electron chi connectivity index (χ2n) is 9.61. The number of piperazine rings is 1. The van der Waals surface area contributed by atoms with Gasteiger partial charge in [0.1, 0.15) is 17.7 Å². The largest absolute Gasteiger partial charge is 0.370 e. The molecule has 6 nitrogen and oxygen atoms in total. The molecule has 3 aliphatic rings. The van der Waals surface area contributed by atoms with Crippen molar-refractivity contribution in [2.24, 2.45) is 5.92 Å². The normalized spacial score (nSPS) is 25.4. The Kier molecular flexibility index (Phi) is 5.79. The van der Waals surface area contributed by atoms with Gasteiger partial charge in [-0.05, 0) is 61.4 Å². The summed E-state index contributed by atoms with van der Waals surface area (Å²) < 4.78 is 19.6. The Morgan fingerprint density at radius 1 is 1.24 bits per heavy atom. The summed E-state index contributed by atoms with van der Waals surface area (Å²) in [6.45, 7) is 3.98. The van der Waals surface area contributed by atoms with E-state index in [9.17, 15) is 9.18 Å². The maximum Gasteiger partial charge on any atom is 0.225 e. The van der Waals surface area contributed by atoms with Crippen molar-refractivity contribution < 1.29 is 13.9 Å². The van der Waals surface area contributed by atoms with Crippen LogP contribution in [0.1, 0.15) is 50.2 Å². The zero-order chi connectivity index (χ0) is 23.0. The number of ether oxygens (including phenoxy) is 1. The first kappa shape index (κ1) is 21.8. The molecule has 0 N–H and O–H groups in total. The average Bonchev–Trinajstić information content (AvgIpc) is 3.00. The van der Waals surface area contributed by atoms with E-state index in [2.05, 4.69) is 22.9 Å². The van der Waals surface area contributed by atoms with Crippen molar-refractivity contribution >= 4 is 11.7 Å². The van der Waals surface area contributed by atoms with Gasteiger partial charge < -0.3 is 14.5 Å². The van der Waals surface area contributed by atoms with Crippen molar-refractivity contribution in [3.63, 3.8) is 0 Å². The molecule has 2 bridgehead atoms. The molecule has 1 aromatic heterocycles. The Morgan fingerprint density at radius 3 is 2.64 bits per heavy atom. The molecule has 5 rings (SSSR count). The number of amides is 1. The van der Waals surface area contributed by atoms with Crippen LogP contribution in [0.15, 0.2) is 42.6 Å². The van der Waals surface area contributed by atoms with Crippen LogP contribution in [-0.4, -0.2) is 47.6 Å². The van der Waals surface area contributed by atoms with Crippen LogP contribution in [-0.2, 0) is 15.1 Å². The van der Waals surface area contributed by atoms with E-state index >= 15 is 0 Å². The van der Waals surface area contributed by atoms with Gasteiger partial charge >= 0.3 is 0 Å². The van der Waals surface area contributed by atoms with E-state index in [1.807, 2.05) is 11.0 Å². The number of pyridine rings is 1. The van der Waals surface area contributed by atoms with Gasteiger partial charge in [0.05, 0.1) is 30.2 Å². The number of hydrogen-bond acceptors (Lipinski definition) is 5. The standard InChI is InChI=1S/C26H29FN4O2/c1-18-13-22-16-30(17-23(18)31(22)24-8-3-19(14-28)15-29-24)25(32)9-12-33-26(10-2-11-26)20-4-6-21(27)7-5-20/h3-8,15,18,22-23H,2,9-13,16-17H2,1H3/t18-,22?,23?/m0/s1. The number of rotatable bonds is 6. The number of fused-ring (bicyclic) bond motifs is 2. The van der Waals surface area contributed by atoms with Gasteiger partial charge in [0.25, 0.3) is 0 Å². The van der Waals surface area contributed by atoms with E-state index in [1.54, 1.807) is 24.4 Å². The van der Waals surface area contributed by atoms with Crippen LogP contribution in [0.2, 0.25) is 0 Å². The van der Waals surface area contributed by atoms with E-state index < -0.39 is 0 Å². The van der Waals surface area contributed by atoms with Gasteiger partial charge in [-0.3, -0.25) is 4.79 Å². The summed E-state index contributed by atoms with van der Waals surface area (Å²) >= 11 is 0. The molecule has 2 saturated heterocycles. The summed E-state index contributed by atoms with van der Waals surface area (Å²) in [4.78, 5) is 21.9. The fraction of sp³-hybridized carbons (Fsp3) is 0.500. The first-order chi connectivity index (χ1) is 16.0. The number of carbonyl (C=O) groups is 1. The molecule has 3 fully saturated rings. The van der Waals surface area contributed by atoms with Crippen molar-refractivity contribution in [3.05, 3.63) is 59.5 Å². The molecule has 2 aliphatic heterocycles. The van der Waals surface area contributed by atoms with Crippen LogP contribution in [0.4, 0.5) is 10.2 Å². The smallest absolute Gasteiger partial charge is 0.225 e. The third kappa shape index (κ3) is 4.08. The zero-order valence-corrected chi connectivity index (χ0v) is 18.9. The Labute approximate surface area is 194 Å². The van der Waals surface area contributed by atoms with Crippen molar-refractivity contribution in [1.29, 1.82) is 5.26 Å². The number of carbonyl (C=O) groups excluding carboxylic acids is 1. The second-order valence-corrected chi connectivity index (χ2v) is 9.61. The molecule has 1 aromatic carbocycles. The van der Waals surface area contributed by atoms with E-state index in [1.165, 1.54) is 12.1 Å². The average molecular weight is 449 g/mol. The molecule has 33 heavy (non-hydrogen) atoms. The Bertz CT molecular complexity index is 1050. The highest BCUT2D eigenvalue weighted by atomic mass is 19.1. The number of hydrogen-bond donors (Lipinski definition) is 0. The summed E-state index contributed by atoms with van der Waals surface area (Å²) in [5, 5.41) is 9.04.